The molecule has 1 heterocycles. The van der Waals surface area contributed by atoms with Gasteiger partial charge in [0.1, 0.15) is 11.5 Å². The summed E-state index contributed by atoms with van der Waals surface area (Å²) in [7, 11) is 0. The Balaban J connectivity index is 2.27. The number of H-pyrrole nitrogens is 1. The summed E-state index contributed by atoms with van der Waals surface area (Å²) in [6.07, 6.45) is 0. The van der Waals surface area contributed by atoms with Gasteiger partial charge in [-0.1, -0.05) is 19.1 Å². The van der Waals surface area contributed by atoms with Crippen molar-refractivity contribution in [2.75, 3.05) is 0 Å². The first-order chi connectivity index (χ1) is 8.08. The zero-order valence-electron chi connectivity index (χ0n) is 9.14. The third kappa shape index (κ3) is 2.33. The van der Waals surface area contributed by atoms with E-state index >= 15 is 0 Å². The van der Waals surface area contributed by atoms with E-state index in [-0.39, 0.29) is 17.4 Å². The maximum atomic E-state index is 12.8. The molecule has 1 atom stereocenters. The molecular weight excluding hydrogens is 223 g/mol. The summed E-state index contributed by atoms with van der Waals surface area (Å²) in [4.78, 5) is 10.7. The molecule has 0 aliphatic heterocycles. The zero-order chi connectivity index (χ0) is 12.4. The predicted molar refractivity (Wildman–Crippen MR) is 59.5 cm³/mol. The highest BCUT2D eigenvalue weighted by atomic mass is 19.1. The SMILES string of the molecule is CC(c1ccc(F)cc1)c1cc(C(=O)O)[nH]n1. The lowest BCUT2D eigenvalue weighted by Crippen LogP contribution is -1.96. The van der Waals surface area contributed by atoms with Crippen LogP contribution in [0.25, 0.3) is 0 Å². The second-order valence-electron chi connectivity index (χ2n) is 3.78. The second kappa shape index (κ2) is 4.37. The molecule has 0 saturated carbocycles. The van der Waals surface area contributed by atoms with Gasteiger partial charge in [-0.15, -0.1) is 0 Å². The number of benzene rings is 1. The van der Waals surface area contributed by atoms with Crippen molar-refractivity contribution in [2.45, 2.75) is 12.8 Å². The Hall–Kier alpha value is -2.17. The van der Waals surface area contributed by atoms with Crippen LogP contribution in [0.2, 0.25) is 0 Å². The summed E-state index contributed by atoms with van der Waals surface area (Å²) < 4.78 is 12.8. The molecular formula is C12H11FN2O2. The van der Waals surface area contributed by atoms with Crippen LogP contribution in [0.4, 0.5) is 4.39 Å². The van der Waals surface area contributed by atoms with E-state index < -0.39 is 5.97 Å². The molecule has 17 heavy (non-hydrogen) atoms. The van der Waals surface area contributed by atoms with Gasteiger partial charge in [0.15, 0.2) is 0 Å². The van der Waals surface area contributed by atoms with Gasteiger partial charge in [-0.05, 0) is 23.8 Å². The summed E-state index contributed by atoms with van der Waals surface area (Å²) in [6.45, 7) is 1.88. The van der Waals surface area contributed by atoms with Crippen LogP contribution < -0.4 is 0 Å². The minimum atomic E-state index is -1.05. The fraction of sp³-hybridized carbons (Fsp3) is 0.167. The average molecular weight is 234 g/mol. The van der Waals surface area contributed by atoms with Crippen molar-refractivity contribution < 1.29 is 14.3 Å². The average Bonchev–Trinajstić information content (AvgIpc) is 2.78. The predicted octanol–water partition coefficient (Wildman–Crippen LogP) is 2.40. The highest BCUT2D eigenvalue weighted by molar-refractivity contribution is 5.85. The molecule has 0 saturated heterocycles. The third-order valence-corrected chi connectivity index (χ3v) is 2.64. The van der Waals surface area contributed by atoms with Gasteiger partial charge < -0.3 is 5.11 Å². The Kier molecular flexibility index (Phi) is 2.91. The fourth-order valence-corrected chi connectivity index (χ4v) is 1.59. The van der Waals surface area contributed by atoms with Gasteiger partial charge in [0.2, 0.25) is 0 Å². The van der Waals surface area contributed by atoms with Crippen LogP contribution in [0.15, 0.2) is 30.3 Å². The Labute approximate surface area is 97.1 Å². The molecule has 88 valence electrons. The molecule has 1 aromatic heterocycles. The lowest BCUT2D eigenvalue weighted by Gasteiger charge is -2.08. The van der Waals surface area contributed by atoms with Crippen LogP contribution in [-0.4, -0.2) is 21.3 Å². The number of carboxylic acids is 1. The Morgan fingerprint density at radius 2 is 2.06 bits per heavy atom. The largest absolute Gasteiger partial charge is 0.477 e. The lowest BCUT2D eigenvalue weighted by atomic mass is 9.98. The van der Waals surface area contributed by atoms with Crippen LogP contribution in [0, 0.1) is 5.82 Å². The highest BCUT2D eigenvalue weighted by Crippen LogP contribution is 2.22. The van der Waals surface area contributed by atoms with Gasteiger partial charge >= 0.3 is 5.97 Å². The van der Waals surface area contributed by atoms with E-state index in [1.165, 1.54) is 18.2 Å². The van der Waals surface area contributed by atoms with Crippen molar-refractivity contribution in [1.29, 1.82) is 0 Å². The number of nitrogens with one attached hydrogen (secondary N) is 1. The summed E-state index contributed by atoms with van der Waals surface area (Å²) >= 11 is 0. The second-order valence-corrected chi connectivity index (χ2v) is 3.78. The lowest BCUT2D eigenvalue weighted by molar-refractivity contribution is 0.0690. The van der Waals surface area contributed by atoms with Crippen molar-refractivity contribution in [1.82, 2.24) is 10.2 Å². The van der Waals surface area contributed by atoms with E-state index in [1.54, 1.807) is 12.1 Å². The zero-order valence-corrected chi connectivity index (χ0v) is 9.14. The molecule has 2 N–H and O–H groups in total. The molecule has 0 aliphatic rings. The standard InChI is InChI=1S/C12H11FN2O2/c1-7(8-2-4-9(13)5-3-8)10-6-11(12(16)17)15-14-10/h2-7H,1H3,(H,14,15)(H,16,17). The molecule has 5 heteroatoms. The number of nitrogens with zero attached hydrogens (tertiary/aromatic N) is 1. The Morgan fingerprint density at radius 1 is 1.41 bits per heavy atom. The van der Waals surface area contributed by atoms with E-state index in [9.17, 15) is 9.18 Å². The number of aromatic nitrogens is 2. The van der Waals surface area contributed by atoms with E-state index in [4.69, 9.17) is 5.11 Å². The molecule has 0 radical (unpaired) electrons. The number of hydrogen-bond donors (Lipinski definition) is 2. The Bertz CT molecular complexity index is 534. The van der Waals surface area contributed by atoms with Gasteiger partial charge in [-0.3, -0.25) is 5.10 Å². The molecule has 0 spiro atoms. The van der Waals surface area contributed by atoms with Crippen LogP contribution in [0.1, 0.15) is 34.6 Å². The maximum absolute atomic E-state index is 12.8. The molecule has 0 fully saturated rings. The van der Waals surface area contributed by atoms with Crippen LogP contribution in [0.5, 0.6) is 0 Å². The molecule has 1 unspecified atom stereocenters. The number of hydrogen-bond acceptors (Lipinski definition) is 2. The molecule has 0 bridgehead atoms. The molecule has 2 aromatic rings. The van der Waals surface area contributed by atoms with Crippen molar-refractivity contribution in [3.8, 4) is 0 Å². The smallest absolute Gasteiger partial charge is 0.353 e. The van der Waals surface area contributed by atoms with Crippen LogP contribution in [0.3, 0.4) is 0 Å². The first kappa shape index (κ1) is 11.3. The maximum Gasteiger partial charge on any atom is 0.353 e. The van der Waals surface area contributed by atoms with E-state index in [0.717, 1.165) is 5.56 Å². The minimum absolute atomic E-state index is 0.0500. The summed E-state index contributed by atoms with van der Waals surface area (Å²) in [5.74, 6) is -1.43. The third-order valence-electron chi connectivity index (χ3n) is 2.64. The molecule has 4 nitrogen and oxygen atoms in total. The normalized spacial score (nSPS) is 12.4. The number of aromatic carboxylic acids is 1. The molecule has 1 aromatic carbocycles. The first-order valence-corrected chi connectivity index (χ1v) is 5.12. The van der Waals surface area contributed by atoms with Crippen molar-refractivity contribution in [2.24, 2.45) is 0 Å². The van der Waals surface area contributed by atoms with Crippen molar-refractivity contribution in [3.05, 3.63) is 53.1 Å². The summed E-state index contributed by atoms with van der Waals surface area (Å²) in [5.41, 5.74) is 1.55. The van der Waals surface area contributed by atoms with Crippen molar-refractivity contribution >= 4 is 5.97 Å². The van der Waals surface area contributed by atoms with Crippen molar-refractivity contribution in [3.63, 3.8) is 0 Å². The quantitative estimate of drug-likeness (QED) is 0.856. The van der Waals surface area contributed by atoms with Gasteiger partial charge in [0.25, 0.3) is 0 Å². The first-order valence-electron chi connectivity index (χ1n) is 5.12. The topological polar surface area (TPSA) is 66.0 Å². The van der Waals surface area contributed by atoms with E-state index in [1.807, 2.05) is 6.92 Å². The van der Waals surface area contributed by atoms with E-state index in [2.05, 4.69) is 10.2 Å². The number of carboxylic acid groups (broad SMARTS) is 1. The van der Waals surface area contributed by atoms with Crippen LogP contribution in [-0.2, 0) is 0 Å². The van der Waals surface area contributed by atoms with Crippen LogP contribution >= 0.6 is 0 Å². The van der Waals surface area contributed by atoms with E-state index in [0.29, 0.717) is 5.69 Å². The minimum Gasteiger partial charge on any atom is -0.477 e. The number of aromatic amines is 1. The van der Waals surface area contributed by atoms with Gasteiger partial charge in [-0.25, -0.2) is 9.18 Å². The molecule has 0 aliphatic carbocycles. The summed E-state index contributed by atoms with van der Waals surface area (Å²) in [5, 5.41) is 15.1. The number of carbonyl (C=O) groups is 1. The fourth-order valence-electron chi connectivity index (χ4n) is 1.59. The highest BCUT2D eigenvalue weighted by Gasteiger charge is 2.14. The van der Waals surface area contributed by atoms with Gasteiger partial charge in [-0.2, -0.15) is 5.10 Å². The molecule has 2 rings (SSSR count). The summed E-state index contributed by atoms with van der Waals surface area (Å²) in [6, 6.07) is 7.55. The van der Waals surface area contributed by atoms with Gasteiger partial charge in [0.05, 0.1) is 5.69 Å². The van der Waals surface area contributed by atoms with Gasteiger partial charge in [0, 0.05) is 5.92 Å². The number of rotatable bonds is 3. The molecule has 0 amide bonds. The number of halogens is 1. The Morgan fingerprint density at radius 3 is 2.59 bits per heavy atom. The monoisotopic (exact) mass is 234 g/mol.